The Morgan fingerprint density at radius 3 is 3.00 bits per heavy atom. The molecule has 0 spiro atoms. The maximum absolute atomic E-state index is 12.1. The van der Waals surface area contributed by atoms with Crippen molar-refractivity contribution in [3.05, 3.63) is 0 Å². The third-order valence-electron chi connectivity index (χ3n) is 3.85. The number of nitrogens with zero attached hydrogens (tertiary/aromatic N) is 2. The first-order valence-electron chi connectivity index (χ1n) is 6.90. The van der Waals surface area contributed by atoms with Crippen molar-refractivity contribution in [2.24, 2.45) is 5.92 Å². The molecule has 1 amide bonds. The number of morpholine rings is 1. The second-order valence-corrected chi connectivity index (χ2v) is 5.59. The molecule has 2 saturated heterocycles. The lowest BCUT2D eigenvalue weighted by molar-refractivity contribution is -0.133. The van der Waals surface area contributed by atoms with Crippen LogP contribution in [0.5, 0.6) is 0 Å². The van der Waals surface area contributed by atoms with E-state index in [-0.39, 0.29) is 12.0 Å². The summed E-state index contributed by atoms with van der Waals surface area (Å²) in [5.41, 5.74) is 0. The highest BCUT2D eigenvalue weighted by molar-refractivity contribution is 5.76. The van der Waals surface area contributed by atoms with Crippen LogP contribution in [0.1, 0.15) is 12.8 Å². The lowest BCUT2D eigenvalue weighted by Crippen LogP contribution is -2.42. The third kappa shape index (κ3) is 3.93. The summed E-state index contributed by atoms with van der Waals surface area (Å²) in [4.78, 5) is 16.3. The highest BCUT2D eigenvalue weighted by Crippen LogP contribution is 2.16. The van der Waals surface area contributed by atoms with Crippen molar-refractivity contribution in [1.82, 2.24) is 15.1 Å². The van der Waals surface area contributed by atoms with Crippen molar-refractivity contribution in [3.8, 4) is 0 Å². The van der Waals surface area contributed by atoms with E-state index in [2.05, 4.69) is 17.3 Å². The molecule has 2 rings (SSSR count). The van der Waals surface area contributed by atoms with Crippen molar-refractivity contribution < 1.29 is 9.53 Å². The van der Waals surface area contributed by atoms with E-state index < -0.39 is 0 Å². The van der Waals surface area contributed by atoms with Gasteiger partial charge in [0.25, 0.3) is 0 Å². The number of amides is 1. The van der Waals surface area contributed by atoms with Gasteiger partial charge in [0, 0.05) is 33.2 Å². The lowest BCUT2D eigenvalue weighted by atomic mass is 10.1. The molecule has 0 bridgehead atoms. The van der Waals surface area contributed by atoms with Gasteiger partial charge >= 0.3 is 0 Å². The molecule has 0 aromatic rings. The monoisotopic (exact) mass is 255 g/mol. The molecule has 2 fully saturated rings. The van der Waals surface area contributed by atoms with Gasteiger partial charge in [0.1, 0.15) is 0 Å². The summed E-state index contributed by atoms with van der Waals surface area (Å²) in [6, 6.07) is 0. The molecule has 0 aromatic carbocycles. The first-order valence-corrected chi connectivity index (χ1v) is 6.90. The summed E-state index contributed by atoms with van der Waals surface area (Å²) >= 11 is 0. The molecule has 1 N–H and O–H groups in total. The van der Waals surface area contributed by atoms with Crippen LogP contribution in [0.25, 0.3) is 0 Å². The van der Waals surface area contributed by atoms with Crippen LogP contribution in [0.2, 0.25) is 0 Å². The number of hydrogen-bond acceptors (Lipinski definition) is 4. The van der Waals surface area contributed by atoms with E-state index in [0.29, 0.717) is 12.3 Å². The summed E-state index contributed by atoms with van der Waals surface area (Å²) in [6.45, 7) is 5.56. The second-order valence-electron chi connectivity index (χ2n) is 5.59. The Labute approximate surface area is 109 Å². The normalized spacial score (nSPS) is 29.4. The van der Waals surface area contributed by atoms with E-state index in [1.54, 1.807) is 0 Å². The van der Waals surface area contributed by atoms with Crippen molar-refractivity contribution in [1.29, 1.82) is 0 Å². The fourth-order valence-electron chi connectivity index (χ4n) is 2.77. The van der Waals surface area contributed by atoms with E-state index in [9.17, 15) is 4.79 Å². The van der Waals surface area contributed by atoms with Gasteiger partial charge in [-0.25, -0.2) is 0 Å². The summed E-state index contributed by atoms with van der Waals surface area (Å²) in [5.74, 6) is 0.840. The minimum absolute atomic E-state index is 0.0555. The standard InChI is InChI=1S/C13H25N3O2/c1-15-5-3-11(9-15)10-16(2)13(17)7-12-8-14-4-6-18-12/h11-12,14H,3-10H2,1-2H3. The number of carbonyl (C=O) groups excluding carboxylic acids is 1. The Morgan fingerprint density at radius 1 is 1.56 bits per heavy atom. The Kier molecular flexibility index (Phi) is 4.97. The zero-order valence-corrected chi connectivity index (χ0v) is 11.5. The van der Waals surface area contributed by atoms with Crippen LogP contribution in [-0.4, -0.2) is 75.2 Å². The fourth-order valence-corrected chi connectivity index (χ4v) is 2.77. The Hall–Kier alpha value is -0.650. The maximum atomic E-state index is 12.1. The van der Waals surface area contributed by atoms with Crippen LogP contribution in [0.4, 0.5) is 0 Å². The number of rotatable bonds is 4. The van der Waals surface area contributed by atoms with Gasteiger partial charge in [0.2, 0.25) is 5.91 Å². The van der Waals surface area contributed by atoms with Gasteiger partial charge in [0.15, 0.2) is 0 Å². The molecule has 5 heteroatoms. The van der Waals surface area contributed by atoms with Crippen molar-refractivity contribution in [2.75, 3.05) is 53.4 Å². The molecular weight excluding hydrogens is 230 g/mol. The van der Waals surface area contributed by atoms with Crippen molar-refractivity contribution >= 4 is 5.91 Å². The van der Waals surface area contributed by atoms with Crippen LogP contribution in [0.15, 0.2) is 0 Å². The quantitative estimate of drug-likeness (QED) is 0.754. The fraction of sp³-hybridized carbons (Fsp3) is 0.923. The number of carbonyl (C=O) groups is 1. The minimum atomic E-state index is 0.0555. The zero-order chi connectivity index (χ0) is 13.0. The predicted molar refractivity (Wildman–Crippen MR) is 70.5 cm³/mol. The summed E-state index contributed by atoms with van der Waals surface area (Å²) in [5, 5.41) is 3.26. The summed E-state index contributed by atoms with van der Waals surface area (Å²) in [6.07, 6.45) is 1.77. The van der Waals surface area contributed by atoms with Gasteiger partial charge in [-0.05, 0) is 25.9 Å². The van der Waals surface area contributed by atoms with E-state index in [0.717, 1.165) is 39.3 Å². The number of ether oxygens (including phenoxy) is 1. The molecule has 0 radical (unpaired) electrons. The molecule has 0 aliphatic carbocycles. The molecule has 5 nitrogen and oxygen atoms in total. The minimum Gasteiger partial charge on any atom is -0.375 e. The summed E-state index contributed by atoms with van der Waals surface area (Å²) < 4.78 is 5.57. The molecule has 18 heavy (non-hydrogen) atoms. The Balaban J connectivity index is 1.70. The van der Waals surface area contributed by atoms with Gasteiger partial charge in [-0.3, -0.25) is 4.79 Å². The largest absolute Gasteiger partial charge is 0.375 e. The Bertz CT molecular complexity index is 279. The lowest BCUT2D eigenvalue weighted by Gasteiger charge is -2.26. The van der Waals surface area contributed by atoms with Gasteiger partial charge < -0.3 is 19.9 Å². The average molecular weight is 255 g/mol. The first-order chi connectivity index (χ1) is 8.65. The van der Waals surface area contributed by atoms with Gasteiger partial charge in [-0.15, -0.1) is 0 Å². The van der Waals surface area contributed by atoms with Gasteiger partial charge in [0.05, 0.1) is 19.1 Å². The van der Waals surface area contributed by atoms with E-state index in [1.807, 2.05) is 11.9 Å². The van der Waals surface area contributed by atoms with E-state index in [4.69, 9.17) is 4.74 Å². The highest BCUT2D eigenvalue weighted by atomic mass is 16.5. The van der Waals surface area contributed by atoms with Crippen LogP contribution < -0.4 is 5.32 Å². The van der Waals surface area contributed by atoms with Gasteiger partial charge in [-0.2, -0.15) is 0 Å². The maximum Gasteiger partial charge on any atom is 0.224 e. The van der Waals surface area contributed by atoms with Crippen LogP contribution in [-0.2, 0) is 9.53 Å². The molecule has 2 aliphatic rings. The number of hydrogen-bond donors (Lipinski definition) is 1. The van der Waals surface area contributed by atoms with E-state index in [1.165, 1.54) is 6.42 Å². The third-order valence-corrected chi connectivity index (χ3v) is 3.85. The molecule has 0 saturated carbocycles. The zero-order valence-electron chi connectivity index (χ0n) is 11.5. The Morgan fingerprint density at radius 2 is 2.39 bits per heavy atom. The second kappa shape index (κ2) is 6.50. The molecule has 2 unspecified atom stereocenters. The predicted octanol–water partition coefficient (Wildman–Crippen LogP) is -0.225. The van der Waals surface area contributed by atoms with Crippen LogP contribution >= 0.6 is 0 Å². The molecular formula is C13H25N3O2. The van der Waals surface area contributed by atoms with Crippen LogP contribution in [0, 0.1) is 5.92 Å². The average Bonchev–Trinajstić information content (AvgIpc) is 2.76. The number of likely N-dealkylation sites (tertiary alicyclic amines) is 1. The smallest absolute Gasteiger partial charge is 0.224 e. The molecule has 2 heterocycles. The highest BCUT2D eigenvalue weighted by Gasteiger charge is 2.24. The SMILES string of the molecule is CN1CCC(CN(C)C(=O)CC2CNCCO2)C1. The molecule has 2 aliphatic heterocycles. The van der Waals surface area contributed by atoms with Gasteiger partial charge in [-0.1, -0.05) is 0 Å². The first kappa shape index (κ1) is 13.8. The molecule has 0 aromatic heterocycles. The number of nitrogens with one attached hydrogen (secondary N) is 1. The van der Waals surface area contributed by atoms with E-state index >= 15 is 0 Å². The van der Waals surface area contributed by atoms with Crippen molar-refractivity contribution in [3.63, 3.8) is 0 Å². The van der Waals surface area contributed by atoms with Crippen LogP contribution in [0.3, 0.4) is 0 Å². The van der Waals surface area contributed by atoms with Crippen molar-refractivity contribution in [2.45, 2.75) is 18.9 Å². The summed E-state index contributed by atoms with van der Waals surface area (Å²) in [7, 11) is 4.06. The topological polar surface area (TPSA) is 44.8 Å². The molecule has 104 valence electrons. The molecule has 2 atom stereocenters.